The second kappa shape index (κ2) is 7.17. The molecular weight excluding hydrogens is 224 g/mol. The number of ether oxygens (including phenoxy) is 3. The van der Waals surface area contributed by atoms with E-state index in [-0.39, 0.29) is 5.95 Å². The molecule has 1 unspecified atom stereocenters. The van der Waals surface area contributed by atoms with E-state index >= 15 is 0 Å². The Hall–Kier alpha value is -1.23. The number of carbonyl (C=O) groups excluding carboxylic acids is 1. The van der Waals surface area contributed by atoms with E-state index < -0.39 is 17.7 Å². The quantitative estimate of drug-likeness (QED) is 0.335. The van der Waals surface area contributed by atoms with Crippen molar-refractivity contribution < 1.29 is 24.1 Å². The number of esters is 1. The third-order valence-corrected chi connectivity index (χ3v) is 1.78. The molecule has 0 bridgehead atoms. The molecule has 17 heavy (non-hydrogen) atoms. The fourth-order valence-electron chi connectivity index (χ4n) is 0.827. The summed E-state index contributed by atoms with van der Waals surface area (Å²) in [6, 6.07) is 0. The van der Waals surface area contributed by atoms with E-state index in [9.17, 15) is 9.90 Å². The molecule has 0 aliphatic heterocycles. The molecule has 100 valence electrons. The maximum absolute atomic E-state index is 11.4. The van der Waals surface area contributed by atoms with Gasteiger partial charge >= 0.3 is 5.97 Å². The van der Waals surface area contributed by atoms with Crippen molar-refractivity contribution in [3.63, 3.8) is 0 Å². The van der Waals surface area contributed by atoms with Crippen molar-refractivity contribution in [3.05, 3.63) is 12.0 Å². The average molecular weight is 246 g/mol. The van der Waals surface area contributed by atoms with Crippen LogP contribution in [0.5, 0.6) is 0 Å². The van der Waals surface area contributed by atoms with Crippen LogP contribution in [0.2, 0.25) is 0 Å². The third-order valence-electron chi connectivity index (χ3n) is 1.78. The number of carbonyl (C=O) groups is 1. The van der Waals surface area contributed by atoms with E-state index in [2.05, 4.69) is 0 Å². The first-order chi connectivity index (χ1) is 7.81. The second-order valence-electron chi connectivity index (χ2n) is 4.48. The number of hydrogen-bond acceptors (Lipinski definition) is 5. The average Bonchev–Trinajstić information content (AvgIpc) is 2.16. The Morgan fingerprint density at radius 1 is 1.24 bits per heavy atom. The minimum absolute atomic E-state index is 0.0982. The molecule has 0 aromatic carbocycles. The van der Waals surface area contributed by atoms with Crippen LogP contribution in [0.4, 0.5) is 0 Å². The van der Waals surface area contributed by atoms with Gasteiger partial charge in [0.1, 0.15) is 6.08 Å². The lowest BCUT2D eigenvalue weighted by molar-refractivity contribution is -0.181. The number of rotatable bonds is 6. The van der Waals surface area contributed by atoms with Crippen molar-refractivity contribution >= 4 is 5.97 Å². The monoisotopic (exact) mass is 246 g/mol. The zero-order chi connectivity index (χ0) is 13.5. The van der Waals surface area contributed by atoms with Crippen LogP contribution in [0.1, 0.15) is 34.6 Å². The van der Waals surface area contributed by atoms with E-state index in [1.54, 1.807) is 34.6 Å². The SMILES string of the molecule is CCOC(=CC(=O)OC(O)C(C)(C)C)OCC. The summed E-state index contributed by atoms with van der Waals surface area (Å²) in [6.45, 7) is 9.63. The van der Waals surface area contributed by atoms with Crippen LogP contribution in [-0.4, -0.2) is 30.6 Å². The normalized spacial score (nSPS) is 12.6. The van der Waals surface area contributed by atoms with Crippen LogP contribution in [0, 0.1) is 5.41 Å². The molecule has 0 aliphatic carbocycles. The fraction of sp³-hybridized carbons (Fsp3) is 0.750. The van der Waals surface area contributed by atoms with Crippen LogP contribution in [0.3, 0.4) is 0 Å². The van der Waals surface area contributed by atoms with Gasteiger partial charge in [0.25, 0.3) is 5.95 Å². The van der Waals surface area contributed by atoms with Crippen molar-refractivity contribution in [2.45, 2.75) is 40.9 Å². The largest absolute Gasteiger partial charge is 0.466 e. The van der Waals surface area contributed by atoms with Gasteiger partial charge in [-0.05, 0) is 13.8 Å². The minimum Gasteiger partial charge on any atom is -0.466 e. The summed E-state index contributed by atoms with van der Waals surface area (Å²) < 4.78 is 15.0. The van der Waals surface area contributed by atoms with E-state index in [4.69, 9.17) is 14.2 Å². The van der Waals surface area contributed by atoms with Crippen molar-refractivity contribution in [1.82, 2.24) is 0 Å². The zero-order valence-electron chi connectivity index (χ0n) is 11.1. The molecule has 0 radical (unpaired) electrons. The van der Waals surface area contributed by atoms with Gasteiger partial charge in [0.15, 0.2) is 0 Å². The van der Waals surface area contributed by atoms with Gasteiger partial charge in [0.2, 0.25) is 6.29 Å². The Labute approximate surface area is 102 Å². The second-order valence-corrected chi connectivity index (χ2v) is 4.48. The van der Waals surface area contributed by atoms with Gasteiger partial charge in [-0.2, -0.15) is 0 Å². The first kappa shape index (κ1) is 15.8. The summed E-state index contributed by atoms with van der Waals surface area (Å²) in [7, 11) is 0. The molecular formula is C12H22O5. The molecule has 5 nitrogen and oxygen atoms in total. The van der Waals surface area contributed by atoms with Gasteiger partial charge in [-0.25, -0.2) is 4.79 Å². The van der Waals surface area contributed by atoms with Crippen molar-refractivity contribution in [1.29, 1.82) is 0 Å². The molecule has 5 heteroatoms. The topological polar surface area (TPSA) is 65.0 Å². The molecule has 0 heterocycles. The lowest BCUT2D eigenvalue weighted by Gasteiger charge is -2.24. The standard InChI is InChI=1S/C12H22O5/c1-6-15-10(16-7-2)8-9(13)17-11(14)12(3,4)5/h8,11,14H,6-7H2,1-5H3. The summed E-state index contributed by atoms with van der Waals surface area (Å²) in [5.41, 5.74) is -0.527. The highest BCUT2D eigenvalue weighted by Gasteiger charge is 2.25. The molecule has 1 atom stereocenters. The highest BCUT2D eigenvalue weighted by atomic mass is 16.7. The Bertz CT molecular complexity index is 257. The summed E-state index contributed by atoms with van der Waals surface area (Å²) in [5.74, 6) is -0.592. The number of aliphatic hydroxyl groups excluding tert-OH is 1. The van der Waals surface area contributed by atoms with Crippen LogP contribution in [0.15, 0.2) is 12.0 Å². The molecule has 0 fully saturated rings. The number of aliphatic hydroxyl groups is 1. The maximum Gasteiger partial charge on any atom is 0.340 e. The van der Waals surface area contributed by atoms with Gasteiger partial charge in [0, 0.05) is 5.41 Å². The minimum atomic E-state index is -1.17. The molecule has 0 aromatic rings. The maximum atomic E-state index is 11.4. The van der Waals surface area contributed by atoms with Crippen LogP contribution in [-0.2, 0) is 19.0 Å². The molecule has 1 N–H and O–H groups in total. The van der Waals surface area contributed by atoms with E-state index in [0.29, 0.717) is 13.2 Å². The molecule has 0 amide bonds. The summed E-state index contributed by atoms with van der Waals surface area (Å²) in [6.07, 6.45) is -0.0853. The smallest absolute Gasteiger partial charge is 0.340 e. The lowest BCUT2D eigenvalue weighted by atomic mass is 9.96. The van der Waals surface area contributed by atoms with Gasteiger partial charge in [-0.3, -0.25) is 0 Å². The van der Waals surface area contributed by atoms with Crippen molar-refractivity contribution in [2.75, 3.05) is 13.2 Å². The van der Waals surface area contributed by atoms with Crippen LogP contribution < -0.4 is 0 Å². The van der Waals surface area contributed by atoms with E-state index in [1.807, 2.05) is 0 Å². The highest BCUT2D eigenvalue weighted by Crippen LogP contribution is 2.20. The molecule has 0 spiro atoms. The summed E-state index contributed by atoms with van der Waals surface area (Å²) >= 11 is 0. The first-order valence-electron chi connectivity index (χ1n) is 5.67. The van der Waals surface area contributed by atoms with Crippen molar-refractivity contribution in [2.24, 2.45) is 5.41 Å². The molecule has 0 rings (SSSR count). The molecule has 0 saturated carbocycles. The Balaban J connectivity index is 4.43. The predicted octanol–water partition coefficient (Wildman–Crippen LogP) is 1.81. The molecule has 0 saturated heterocycles. The summed E-state index contributed by atoms with van der Waals surface area (Å²) in [5, 5.41) is 9.57. The van der Waals surface area contributed by atoms with Gasteiger partial charge in [-0.15, -0.1) is 0 Å². The zero-order valence-corrected chi connectivity index (χ0v) is 11.1. The Morgan fingerprint density at radius 2 is 1.71 bits per heavy atom. The molecule has 0 aliphatic rings. The van der Waals surface area contributed by atoms with Crippen molar-refractivity contribution in [3.8, 4) is 0 Å². The number of hydrogen-bond donors (Lipinski definition) is 1. The lowest BCUT2D eigenvalue weighted by Crippen LogP contribution is -2.30. The van der Waals surface area contributed by atoms with E-state index in [1.165, 1.54) is 0 Å². The highest BCUT2D eigenvalue weighted by molar-refractivity contribution is 5.82. The fourth-order valence-corrected chi connectivity index (χ4v) is 0.827. The van der Waals surface area contributed by atoms with Crippen LogP contribution >= 0.6 is 0 Å². The van der Waals surface area contributed by atoms with Gasteiger partial charge < -0.3 is 19.3 Å². The molecule has 0 aromatic heterocycles. The Morgan fingerprint density at radius 3 is 2.06 bits per heavy atom. The Kier molecular flexibility index (Phi) is 6.65. The first-order valence-corrected chi connectivity index (χ1v) is 5.67. The van der Waals surface area contributed by atoms with E-state index in [0.717, 1.165) is 6.08 Å². The van der Waals surface area contributed by atoms with Gasteiger partial charge in [0.05, 0.1) is 13.2 Å². The van der Waals surface area contributed by atoms with Gasteiger partial charge in [-0.1, -0.05) is 20.8 Å². The predicted molar refractivity (Wildman–Crippen MR) is 62.9 cm³/mol. The van der Waals surface area contributed by atoms with Crippen LogP contribution in [0.25, 0.3) is 0 Å². The summed E-state index contributed by atoms with van der Waals surface area (Å²) in [4.78, 5) is 11.4. The third kappa shape index (κ3) is 6.84.